The Balaban J connectivity index is 1.86. The van der Waals surface area contributed by atoms with Crippen LogP contribution in [0, 0.1) is 5.82 Å². The molecule has 0 heterocycles. The van der Waals surface area contributed by atoms with E-state index in [4.69, 9.17) is 21.1 Å². The van der Waals surface area contributed by atoms with Gasteiger partial charge in [-0.25, -0.2) is 4.39 Å². The van der Waals surface area contributed by atoms with Crippen LogP contribution in [0.2, 0.25) is 5.02 Å². The molecule has 23 heavy (non-hydrogen) atoms. The number of rotatable bonds is 7. The van der Waals surface area contributed by atoms with Gasteiger partial charge in [0.2, 0.25) is 0 Å². The van der Waals surface area contributed by atoms with E-state index < -0.39 is 5.82 Å². The van der Waals surface area contributed by atoms with Gasteiger partial charge in [0, 0.05) is 24.2 Å². The van der Waals surface area contributed by atoms with Crippen LogP contribution in [-0.4, -0.2) is 26.2 Å². The molecular formula is C17H17ClFNO3. The number of benzene rings is 2. The van der Waals surface area contributed by atoms with E-state index in [-0.39, 0.29) is 30.9 Å². The predicted octanol–water partition coefficient (Wildman–Crippen LogP) is 3.36. The standard InChI is InChI=1S/C17H17ClFNO3/c1-22-16(12-6-2-3-7-13(12)18)10-20-17(21)11-23-15-9-5-4-8-14(15)19/h2-9,16H,10-11H2,1H3,(H,20,21). The number of para-hydroxylation sites is 1. The molecule has 0 bridgehead atoms. The van der Waals surface area contributed by atoms with Gasteiger partial charge >= 0.3 is 0 Å². The van der Waals surface area contributed by atoms with Crippen molar-refractivity contribution in [2.45, 2.75) is 6.10 Å². The number of carbonyl (C=O) groups is 1. The molecular weight excluding hydrogens is 321 g/mol. The number of halogens is 2. The Bertz CT molecular complexity index is 666. The molecule has 2 aromatic carbocycles. The molecule has 2 aromatic rings. The summed E-state index contributed by atoms with van der Waals surface area (Å²) >= 11 is 6.11. The van der Waals surface area contributed by atoms with Gasteiger partial charge < -0.3 is 14.8 Å². The van der Waals surface area contributed by atoms with Crippen molar-refractivity contribution in [3.63, 3.8) is 0 Å². The Morgan fingerprint density at radius 2 is 1.91 bits per heavy atom. The van der Waals surface area contributed by atoms with Gasteiger partial charge in [-0.1, -0.05) is 41.9 Å². The maximum Gasteiger partial charge on any atom is 0.258 e. The third-order valence-electron chi connectivity index (χ3n) is 3.22. The third kappa shape index (κ3) is 4.94. The number of nitrogens with one attached hydrogen (secondary N) is 1. The van der Waals surface area contributed by atoms with Crippen LogP contribution in [0.25, 0.3) is 0 Å². The van der Waals surface area contributed by atoms with E-state index in [1.165, 1.54) is 19.2 Å². The third-order valence-corrected chi connectivity index (χ3v) is 3.56. The maximum absolute atomic E-state index is 13.4. The lowest BCUT2D eigenvalue weighted by atomic mass is 10.1. The summed E-state index contributed by atoms with van der Waals surface area (Å²) in [5, 5.41) is 3.24. The van der Waals surface area contributed by atoms with Crippen LogP contribution < -0.4 is 10.1 Å². The van der Waals surface area contributed by atoms with Gasteiger partial charge in [0.15, 0.2) is 18.2 Å². The molecule has 4 nitrogen and oxygen atoms in total. The smallest absolute Gasteiger partial charge is 0.258 e. The van der Waals surface area contributed by atoms with E-state index in [1.807, 2.05) is 18.2 Å². The molecule has 0 aliphatic heterocycles. The number of amides is 1. The summed E-state index contributed by atoms with van der Waals surface area (Å²) in [4.78, 5) is 11.8. The van der Waals surface area contributed by atoms with E-state index in [2.05, 4.69) is 5.32 Å². The first-order chi connectivity index (χ1) is 11.1. The minimum atomic E-state index is -0.508. The van der Waals surface area contributed by atoms with Gasteiger partial charge in [0.25, 0.3) is 5.91 Å². The van der Waals surface area contributed by atoms with Crippen molar-refractivity contribution in [3.05, 3.63) is 64.9 Å². The van der Waals surface area contributed by atoms with Crippen molar-refractivity contribution in [1.82, 2.24) is 5.32 Å². The summed E-state index contributed by atoms with van der Waals surface area (Å²) in [6.07, 6.45) is -0.374. The first kappa shape index (κ1) is 17.2. The molecule has 0 aromatic heterocycles. The van der Waals surface area contributed by atoms with Crippen molar-refractivity contribution in [2.75, 3.05) is 20.3 Å². The lowest BCUT2D eigenvalue weighted by Gasteiger charge is -2.18. The van der Waals surface area contributed by atoms with Gasteiger partial charge in [-0.2, -0.15) is 0 Å². The summed E-state index contributed by atoms with van der Waals surface area (Å²) < 4.78 is 23.9. The molecule has 1 amide bonds. The summed E-state index contributed by atoms with van der Waals surface area (Å²) in [6.45, 7) is -0.0421. The van der Waals surface area contributed by atoms with Crippen molar-refractivity contribution in [1.29, 1.82) is 0 Å². The highest BCUT2D eigenvalue weighted by atomic mass is 35.5. The van der Waals surface area contributed by atoms with E-state index in [0.717, 1.165) is 5.56 Å². The molecule has 0 spiro atoms. The highest BCUT2D eigenvalue weighted by Crippen LogP contribution is 2.24. The van der Waals surface area contributed by atoms with Crippen molar-refractivity contribution >= 4 is 17.5 Å². The summed E-state index contributed by atoms with van der Waals surface area (Å²) in [7, 11) is 1.54. The summed E-state index contributed by atoms with van der Waals surface area (Å²) in [5.74, 6) is -0.842. The molecule has 1 N–H and O–H groups in total. The zero-order valence-electron chi connectivity index (χ0n) is 12.6. The second-order valence-corrected chi connectivity index (χ2v) is 5.18. The summed E-state index contributed by atoms with van der Waals surface area (Å²) in [5.41, 5.74) is 0.784. The Morgan fingerprint density at radius 1 is 1.22 bits per heavy atom. The van der Waals surface area contributed by atoms with E-state index in [1.54, 1.807) is 18.2 Å². The van der Waals surface area contributed by atoms with Gasteiger partial charge in [-0.05, 0) is 18.2 Å². The van der Waals surface area contributed by atoms with Crippen LogP contribution in [0.4, 0.5) is 4.39 Å². The topological polar surface area (TPSA) is 47.6 Å². The number of carbonyl (C=O) groups excluding carboxylic acids is 1. The number of hydrogen-bond donors (Lipinski definition) is 1. The number of hydrogen-bond acceptors (Lipinski definition) is 3. The van der Waals surface area contributed by atoms with E-state index in [0.29, 0.717) is 5.02 Å². The average molecular weight is 338 g/mol. The fraction of sp³-hybridized carbons (Fsp3) is 0.235. The van der Waals surface area contributed by atoms with Gasteiger partial charge in [-0.15, -0.1) is 0 Å². The Morgan fingerprint density at radius 3 is 2.61 bits per heavy atom. The molecule has 0 radical (unpaired) electrons. The number of methoxy groups -OCH3 is 1. The molecule has 0 saturated carbocycles. The lowest BCUT2D eigenvalue weighted by Crippen LogP contribution is -2.33. The second kappa shape index (κ2) is 8.50. The molecule has 2 rings (SSSR count). The van der Waals surface area contributed by atoms with Crippen LogP contribution in [-0.2, 0) is 9.53 Å². The van der Waals surface area contributed by atoms with Crippen LogP contribution in [0.5, 0.6) is 5.75 Å². The molecule has 0 saturated heterocycles. The SMILES string of the molecule is COC(CNC(=O)COc1ccccc1F)c1ccccc1Cl. The highest BCUT2D eigenvalue weighted by molar-refractivity contribution is 6.31. The highest BCUT2D eigenvalue weighted by Gasteiger charge is 2.15. The molecule has 122 valence electrons. The Kier molecular flexibility index (Phi) is 6.38. The molecule has 0 aliphatic carbocycles. The Hall–Kier alpha value is -2.11. The van der Waals surface area contributed by atoms with Gasteiger partial charge in [0.05, 0.1) is 0 Å². The van der Waals surface area contributed by atoms with Crippen LogP contribution in [0.3, 0.4) is 0 Å². The van der Waals surface area contributed by atoms with Gasteiger partial charge in [0.1, 0.15) is 6.10 Å². The summed E-state index contributed by atoms with van der Waals surface area (Å²) in [6, 6.07) is 13.2. The second-order valence-electron chi connectivity index (χ2n) is 4.77. The molecule has 1 unspecified atom stereocenters. The van der Waals surface area contributed by atoms with Crippen LogP contribution in [0.15, 0.2) is 48.5 Å². The number of ether oxygens (including phenoxy) is 2. The quantitative estimate of drug-likeness (QED) is 0.842. The zero-order chi connectivity index (χ0) is 16.7. The minimum absolute atomic E-state index is 0.0389. The van der Waals surface area contributed by atoms with Crippen molar-refractivity contribution < 1.29 is 18.7 Å². The largest absolute Gasteiger partial charge is 0.481 e. The lowest BCUT2D eigenvalue weighted by molar-refractivity contribution is -0.123. The van der Waals surface area contributed by atoms with E-state index >= 15 is 0 Å². The van der Waals surface area contributed by atoms with Crippen molar-refractivity contribution in [3.8, 4) is 5.75 Å². The molecule has 0 aliphatic rings. The van der Waals surface area contributed by atoms with E-state index in [9.17, 15) is 9.18 Å². The molecule has 0 fully saturated rings. The monoisotopic (exact) mass is 337 g/mol. The first-order valence-electron chi connectivity index (χ1n) is 7.03. The van der Waals surface area contributed by atoms with Crippen molar-refractivity contribution in [2.24, 2.45) is 0 Å². The van der Waals surface area contributed by atoms with Crippen LogP contribution in [0.1, 0.15) is 11.7 Å². The zero-order valence-corrected chi connectivity index (χ0v) is 13.3. The minimum Gasteiger partial charge on any atom is -0.481 e. The fourth-order valence-electron chi connectivity index (χ4n) is 2.02. The maximum atomic E-state index is 13.4. The molecule has 1 atom stereocenters. The normalized spacial score (nSPS) is 11.8. The fourth-order valence-corrected chi connectivity index (χ4v) is 2.28. The Labute approximate surface area is 139 Å². The predicted molar refractivity (Wildman–Crippen MR) is 86.1 cm³/mol. The van der Waals surface area contributed by atoms with Gasteiger partial charge in [-0.3, -0.25) is 4.79 Å². The molecule has 6 heteroatoms. The average Bonchev–Trinajstić information content (AvgIpc) is 2.56. The first-order valence-corrected chi connectivity index (χ1v) is 7.41. The van der Waals surface area contributed by atoms with Crippen LogP contribution >= 0.6 is 11.6 Å².